The molecule has 2 aromatic carbocycles. The summed E-state index contributed by atoms with van der Waals surface area (Å²) in [6.45, 7) is 0. The summed E-state index contributed by atoms with van der Waals surface area (Å²) >= 11 is 0. The normalized spacial score (nSPS) is 8.64. The molecule has 0 aliphatic rings. The van der Waals surface area contributed by atoms with Crippen LogP contribution in [-0.4, -0.2) is 7.11 Å². The fourth-order valence-electron chi connectivity index (χ4n) is 1.23. The van der Waals surface area contributed by atoms with Crippen LogP contribution in [0.25, 0.3) is 10.8 Å². The second kappa shape index (κ2) is 6.00. The number of methoxy groups -OCH3 is 1. The molecule has 1 nitrogen and oxygen atoms in total. The van der Waals surface area contributed by atoms with Gasteiger partial charge in [0, 0.05) is 19.5 Å². The summed E-state index contributed by atoms with van der Waals surface area (Å²) in [6, 6.07) is 14.9. The van der Waals surface area contributed by atoms with E-state index in [1.807, 2.05) is 36.4 Å². The first-order chi connectivity index (χ1) is 5.90. The van der Waals surface area contributed by atoms with Gasteiger partial charge in [-0.15, -0.1) is 29.2 Å². The van der Waals surface area contributed by atoms with Crippen LogP contribution < -0.4 is 4.74 Å². The van der Waals surface area contributed by atoms with Gasteiger partial charge in [-0.1, -0.05) is 0 Å². The van der Waals surface area contributed by atoms with Crippen LogP contribution in [0.15, 0.2) is 36.4 Å². The van der Waals surface area contributed by atoms with Gasteiger partial charge in [0.25, 0.3) is 0 Å². The van der Waals surface area contributed by atoms with Crippen LogP contribution in [0.4, 0.5) is 0 Å². The SMILES string of the molecule is COc1ccc2c[c-]ccc2c1.Cl.[Zn]. The molecule has 70 valence electrons. The maximum Gasteiger partial charge on any atom is 0.116 e. The molecule has 3 heteroatoms. The molecule has 0 saturated carbocycles. The van der Waals surface area contributed by atoms with Crippen LogP contribution in [0.5, 0.6) is 5.75 Å². The van der Waals surface area contributed by atoms with E-state index in [0.717, 1.165) is 5.75 Å². The smallest absolute Gasteiger partial charge is 0.116 e. The zero-order valence-corrected chi connectivity index (χ0v) is 11.8. The Bertz CT molecular complexity index is 403. The molecule has 0 spiro atoms. The van der Waals surface area contributed by atoms with E-state index in [1.54, 1.807) is 7.11 Å². The summed E-state index contributed by atoms with van der Waals surface area (Å²) in [5, 5.41) is 2.38. The molecule has 0 N–H and O–H groups in total. The van der Waals surface area contributed by atoms with Crippen LogP contribution >= 0.6 is 12.4 Å². The maximum atomic E-state index is 5.11. The van der Waals surface area contributed by atoms with Crippen molar-refractivity contribution in [1.82, 2.24) is 0 Å². The summed E-state index contributed by atoms with van der Waals surface area (Å²) in [7, 11) is 1.68. The molecule has 0 aliphatic carbocycles. The van der Waals surface area contributed by atoms with Gasteiger partial charge in [-0.2, -0.15) is 24.3 Å². The van der Waals surface area contributed by atoms with Crippen molar-refractivity contribution in [2.45, 2.75) is 0 Å². The average molecular weight is 259 g/mol. The summed E-state index contributed by atoms with van der Waals surface area (Å²) in [5.41, 5.74) is 0. The van der Waals surface area contributed by atoms with Crippen LogP contribution in [0, 0.1) is 6.07 Å². The standard InChI is InChI=1S/C11H9O.ClH.Zn/c1-12-11-7-6-9-4-2-3-5-10(9)8-11;;/h3-8H,1H3;1H;/q-1;;. The van der Waals surface area contributed by atoms with Crippen LogP contribution in [-0.2, 0) is 19.5 Å². The molecule has 0 heterocycles. The van der Waals surface area contributed by atoms with Crippen molar-refractivity contribution >= 4 is 23.2 Å². The van der Waals surface area contributed by atoms with E-state index in [2.05, 4.69) is 6.07 Å². The van der Waals surface area contributed by atoms with Gasteiger partial charge in [-0.25, -0.2) is 0 Å². The van der Waals surface area contributed by atoms with Gasteiger partial charge >= 0.3 is 0 Å². The topological polar surface area (TPSA) is 9.23 Å². The number of ether oxygens (including phenoxy) is 1. The number of halogens is 1. The van der Waals surface area contributed by atoms with E-state index in [4.69, 9.17) is 4.74 Å². The van der Waals surface area contributed by atoms with E-state index < -0.39 is 0 Å². The Morgan fingerprint density at radius 1 is 1.14 bits per heavy atom. The van der Waals surface area contributed by atoms with Gasteiger partial charge < -0.3 is 4.74 Å². The molecule has 0 bridgehead atoms. The second-order valence-electron chi connectivity index (χ2n) is 2.64. The minimum absolute atomic E-state index is 0. The molecule has 2 rings (SSSR count). The molecule has 2 aromatic rings. The summed E-state index contributed by atoms with van der Waals surface area (Å²) in [4.78, 5) is 0. The van der Waals surface area contributed by atoms with E-state index in [0.29, 0.717) is 0 Å². The van der Waals surface area contributed by atoms with Crippen molar-refractivity contribution < 1.29 is 24.2 Å². The van der Waals surface area contributed by atoms with Crippen molar-refractivity contribution in [3.05, 3.63) is 42.5 Å². The number of rotatable bonds is 1. The van der Waals surface area contributed by atoms with Gasteiger partial charge in [0.15, 0.2) is 0 Å². The number of hydrogen-bond donors (Lipinski definition) is 0. The zero-order chi connectivity index (χ0) is 8.39. The summed E-state index contributed by atoms with van der Waals surface area (Å²) < 4.78 is 5.11. The predicted molar refractivity (Wildman–Crippen MR) is 56.6 cm³/mol. The van der Waals surface area contributed by atoms with E-state index in [1.165, 1.54) is 10.8 Å². The minimum atomic E-state index is 0. The van der Waals surface area contributed by atoms with Crippen molar-refractivity contribution in [3.63, 3.8) is 0 Å². The Hall–Kier alpha value is -0.587. The zero-order valence-electron chi connectivity index (χ0n) is 7.99. The molecule has 0 aliphatic heterocycles. The molecule has 0 atom stereocenters. The Balaban J connectivity index is 0.000000845. The molecule has 0 unspecified atom stereocenters. The first kappa shape index (κ1) is 13.4. The quantitative estimate of drug-likeness (QED) is 0.565. The van der Waals surface area contributed by atoms with Gasteiger partial charge in [0.05, 0.1) is 7.11 Å². The fourth-order valence-corrected chi connectivity index (χ4v) is 1.23. The average Bonchev–Trinajstić information content (AvgIpc) is 2.17. The molecule has 14 heavy (non-hydrogen) atoms. The van der Waals surface area contributed by atoms with Gasteiger partial charge in [-0.05, 0) is 12.1 Å². The third-order valence-electron chi connectivity index (χ3n) is 1.89. The summed E-state index contributed by atoms with van der Waals surface area (Å²) in [6.07, 6.45) is 0. The van der Waals surface area contributed by atoms with Gasteiger partial charge in [0.2, 0.25) is 0 Å². The van der Waals surface area contributed by atoms with E-state index >= 15 is 0 Å². The monoisotopic (exact) mass is 257 g/mol. The predicted octanol–water partition coefficient (Wildman–Crippen LogP) is 3.07. The van der Waals surface area contributed by atoms with E-state index in [9.17, 15) is 0 Å². The van der Waals surface area contributed by atoms with Gasteiger partial charge in [0.1, 0.15) is 5.75 Å². The molecule has 0 amide bonds. The van der Waals surface area contributed by atoms with E-state index in [-0.39, 0.29) is 31.9 Å². The van der Waals surface area contributed by atoms with Crippen LogP contribution in [0.2, 0.25) is 0 Å². The van der Waals surface area contributed by atoms with Crippen molar-refractivity contribution in [2.24, 2.45) is 0 Å². The van der Waals surface area contributed by atoms with Crippen LogP contribution in [0.1, 0.15) is 0 Å². The molecule has 0 fully saturated rings. The summed E-state index contributed by atoms with van der Waals surface area (Å²) in [5.74, 6) is 0.897. The second-order valence-corrected chi connectivity index (χ2v) is 2.64. The van der Waals surface area contributed by atoms with Gasteiger partial charge in [-0.3, -0.25) is 0 Å². The van der Waals surface area contributed by atoms with Crippen molar-refractivity contribution in [2.75, 3.05) is 7.11 Å². The van der Waals surface area contributed by atoms with Crippen molar-refractivity contribution in [1.29, 1.82) is 0 Å². The molecular weight excluding hydrogens is 249 g/mol. The third-order valence-corrected chi connectivity index (χ3v) is 1.89. The third kappa shape index (κ3) is 2.70. The minimum Gasteiger partial charge on any atom is -0.497 e. The van der Waals surface area contributed by atoms with Crippen molar-refractivity contribution in [3.8, 4) is 5.75 Å². The Labute approximate surface area is 103 Å². The number of benzene rings is 2. The molecular formula is C11H10ClOZn-. The first-order valence-electron chi connectivity index (χ1n) is 3.84. The Morgan fingerprint density at radius 2 is 1.93 bits per heavy atom. The molecule has 0 radical (unpaired) electrons. The first-order valence-corrected chi connectivity index (χ1v) is 3.84. The Morgan fingerprint density at radius 3 is 2.64 bits per heavy atom. The number of hydrogen-bond acceptors (Lipinski definition) is 1. The molecule has 0 aromatic heterocycles. The molecule has 0 saturated heterocycles. The number of fused-ring (bicyclic) bond motifs is 1. The van der Waals surface area contributed by atoms with Crippen LogP contribution in [0.3, 0.4) is 0 Å². The maximum absolute atomic E-state index is 5.11. The Kier molecular flexibility index (Phi) is 5.75. The largest absolute Gasteiger partial charge is 0.497 e. The fraction of sp³-hybridized carbons (Fsp3) is 0.0909.